The van der Waals surface area contributed by atoms with E-state index >= 15 is 0 Å². The van der Waals surface area contributed by atoms with Crippen LogP contribution in [-0.4, -0.2) is 23.6 Å². The van der Waals surface area contributed by atoms with Crippen LogP contribution in [0.1, 0.15) is 98.3 Å². The average molecular weight is 362 g/mol. The molecule has 1 fully saturated rings. The van der Waals surface area contributed by atoms with Gasteiger partial charge in [0.25, 0.3) is 0 Å². The summed E-state index contributed by atoms with van der Waals surface area (Å²) in [4.78, 5) is 0. The molecule has 1 atom stereocenters. The number of hydrogen-bond donors (Lipinski definition) is 0. The third-order valence-electron chi connectivity index (χ3n) is 4.99. The quantitative estimate of drug-likeness (QED) is 0.168. The van der Waals surface area contributed by atoms with Crippen LogP contribution in [0.15, 0.2) is 0 Å². The third kappa shape index (κ3) is 7.68. The maximum atomic E-state index is 6.25. The van der Waals surface area contributed by atoms with E-state index in [0.717, 1.165) is 0 Å². The van der Waals surface area contributed by atoms with E-state index in [0.29, 0.717) is 5.16 Å². The van der Waals surface area contributed by atoms with Gasteiger partial charge < -0.3 is 0 Å². The second kappa shape index (κ2) is 13.0. The van der Waals surface area contributed by atoms with E-state index in [4.69, 9.17) is 9.35 Å². The number of unbranched alkanes of at least 4 members (excludes halogenated alkanes) is 3. The first-order chi connectivity index (χ1) is 11.2. The molecule has 1 rings (SSSR count). The summed E-state index contributed by atoms with van der Waals surface area (Å²) in [5, 5.41) is 0.496. The fourth-order valence-corrected chi connectivity index (χ4v) is 8.28. The van der Waals surface area contributed by atoms with Gasteiger partial charge in [-0.05, 0) is 57.0 Å². The van der Waals surface area contributed by atoms with Crippen LogP contribution in [-0.2, 0) is 9.35 Å². The molecule has 23 heavy (non-hydrogen) atoms. The molecular formula is C19H40O2P2. The molecule has 0 aromatic rings. The molecule has 4 heteroatoms. The maximum absolute atomic E-state index is 6.25. The van der Waals surface area contributed by atoms with Crippen molar-refractivity contribution >= 4 is 16.3 Å². The van der Waals surface area contributed by atoms with Crippen LogP contribution in [0.5, 0.6) is 0 Å². The first kappa shape index (κ1) is 21.8. The van der Waals surface area contributed by atoms with Crippen LogP contribution in [0.25, 0.3) is 0 Å². The van der Waals surface area contributed by atoms with Crippen molar-refractivity contribution in [3.8, 4) is 0 Å². The van der Waals surface area contributed by atoms with Crippen molar-refractivity contribution in [1.82, 2.24) is 0 Å². The van der Waals surface area contributed by atoms with E-state index in [1.165, 1.54) is 89.1 Å². The summed E-state index contributed by atoms with van der Waals surface area (Å²) < 4.78 is 12.4. The van der Waals surface area contributed by atoms with Crippen molar-refractivity contribution in [1.29, 1.82) is 0 Å². The van der Waals surface area contributed by atoms with Gasteiger partial charge in [0.05, 0.1) is 16.3 Å². The zero-order valence-electron chi connectivity index (χ0n) is 16.1. The summed E-state index contributed by atoms with van der Waals surface area (Å²) in [6, 6.07) is 0. The van der Waals surface area contributed by atoms with Crippen LogP contribution in [0.4, 0.5) is 0 Å². The molecule has 0 saturated heterocycles. The highest BCUT2D eigenvalue weighted by molar-refractivity contribution is 7.55. The molecule has 0 bridgehead atoms. The molecule has 0 amide bonds. The molecule has 0 aliphatic heterocycles. The zero-order chi connectivity index (χ0) is 17.0. The normalized spacial score (nSPS) is 18.1. The Morgan fingerprint density at radius 3 is 1.74 bits per heavy atom. The van der Waals surface area contributed by atoms with Gasteiger partial charge in [0.15, 0.2) is 0 Å². The average Bonchev–Trinajstić information content (AvgIpc) is 2.53. The van der Waals surface area contributed by atoms with Crippen LogP contribution >= 0.6 is 16.3 Å². The highest BCUT2D eigenvalue weighted by Gasteiger charge is 2.45. The molecule has 1 saturated carbocycles. The van der Waals surface area contributed by atoms with Crippen molar-refractivity contribution in [3.05, 3.63) is 0 Å². The zero-order valence-corrected chi connectivity index (χ0v) is 17.9. The number of hydrogen-bond acceptors (Lipinski definition) is 2. The molecule has 0 aromatic heterocycles. The van der Waals surface area contributed by atoms with Crippen LogP contribution in [0.2, 0.25) is 0 Å². The lowest BCUT2D eigenvalue weighted by Gasteiger charge is -2.46. The summed E-state index contributed by atoms with van der Waals surface area (Å²) in [6.07, 6.45) is 18.1. The minimum atomic E-state index is -0.400. The fourth-order valence-electron chi connectivity index (χ4n) is 3.27. The fraction of sp³-hybridized carbons (Fsp3) is 1.00. The van der Waals surface area contributed by atoms with Crippen molar-refractivity contribution in [2.24, 2.45) is 0 Å². The van der Waals surface area contributed by atoms with Gasteiger partial charge >= 0.3 is 0 Å². The molecule has 1 aliphatic rings. The monoisotopic (exact) mass is 362 g/mol. The van der Waals surface area contributed by atoms with Crippen molar-refractivity contribution in [3.63, 3.8) is 0 Å². The molecule has 1 aliphatic carbocycles. The van der Waals surface area contributed by atoms with E-state index in [1.807, 2.05) is 0 Å². The van der Waals surface area contributed by atoms with E-state index in [9.17, 15) is 0 Å². The van der Waals surface area contributed by atoms with Gasteiger partial charge in [-0.15, -0.1) is 0 Å². The topological polar surface area (TPSA) is 18.5 Å². The molecule has 0 radical (unpaired) electrons. The first-order valence-electron chi connectivity index (χ1n) is 10.1. The van der Waals surface area contributed by atoms with Gasteiger partial charge in [-0.2, -0.15) is 0 Å². The van der Waals surface area contributed by atoms with Gasteiger partial charge in [-0.1, -0.05) is 59.8 Å². The Morgan fingerprint density at radius 2 is 1.30 bits per heavy atom. The smallest absolute Gasteiger partial charge is 0.0775 e. The summed E-state index contributed by atoms with van der Waals surface area (Å²) in [5.74, 6) is 0. The lowest BCUT2D eigenvalue weighted by molar-refractivity contribution is -0.0824. The Labute approximate surface area is 148 Å². The van der Waals surface area contributed by atoms with E-state index in [1.54, 1.807) is 0 Å². The van der Waals surface area contributed by atoms with Gasteiger partial charge in [-0.3, -0.25) is 0 Å². The van der Waals surface area contributed by atoms with Crippen molar-refractivity contribution < 1.29 is 9.35 Å². The molecule has 0 aromatic carbocycles. The highest BCUT2D eigenvalue weighted by Crippen LogP contribution is 2.64. The molecule has 1 unspecified atom stereocenters. The third-order valence-corrected chi connectivity index (χ3v) is 9.73. The van der Waals surface area contributed by atoms with Crippen molar-refractivity contribution in [2.45, 2.75) is 103 Å². The molecular weight excluding hydrogens is 322 g/mol. The van der Waals surface area contributed by atoms with Gasteiger partial charge in [0.1, 0.15) is 0 Å². The molecule has 0 N–H and O–H groups in total. The standard InChI is InChI=1S/C19H40O2P2/c1-5-9-16-22(17-10-6-2)20-21-23(18-11-7-3)19(13-8-4)14-12-15-19/h5-18H2,1-4H3. The Morgan fingerprint density at radius 1 is 0.739 bits per heavy atom. The Hall–Kier alpha value is 0.780. The summed E-state index contributed by atoms with van der Waals surface area (Å²) in [5.41, 5.74) is 0. The predicted octanol–water partition coefficient (Wildman–Crippen LogP) is 7.85. The molecule has 0 spiro atoms. The van der Waals surface area contributed by atoms with E-state index < -0.39 is 8.15 Å². The second-order valence-corrected chi connectivity index (χ2v) is 11.4. The van der Waals surface area contributed by atoms with E-state index in [-0.39, 0.29) is 8.15 Å². The largest absolute Gasteiger partial charge is 0.212 e. The first-order valence-corrected chi connectivity index (χ1v) is 13.2. The van der Waals surface area contributed by atoms with Gasteiger partial charge in [0, 0.05) is 5.16 Å². The molecule has 2 nitrogen and oxygen atoms in total. The predicted molar refractivity (Wildman–Crippen MR) is 107 cm³/mol. The summed E-state index contributed by atoms with van der Waals surface area (Å²) in [6.45, 7) is 9.15. The Kier molecular flexibility index (Phi) is 12.4. The Balaban J connectivity index is 2.55. The maximum Gasteiger partial charge on any atom is 0.0775 e. The minimum Gasteiger partial charge on any atom is -0.212 e. The lowest BCUT2D eigenvalue weighted by Crippen LogP contribution is -2.36. The van der Waals surface area contributed by atoms with Crippen LogP contribution in [0.3, 0.4) is 0 Å². The summed E-state index contributed by atoms with van der Waals surface area (Å²) in [7, 11) is -0.763. The number of rotatable bonds is 15. The van der Waals surface area contributed by atoms with Crippen LogP contribution < -0.4 is 0 Å². The molecule has 0 heterocycles. The van der Waals surface area contributed by atoms with Gasteiger partial charge in [-0.25, -0.2) is 9.35 Å². The molecule has 138 valence electrons. The van der Waals surface area contributed by atoms with Crippen LogP contribution in [0, 0.1) is 0 Å². The van der Waals surface area contributed by atoms with Gasteiger partial charge in [0.2, 0.25) is 0 Å². The Bertz CT molecular complexity index is 275. The SMILES string of the molecule is CCCCP(CCCC)OOP(CCCC)C1(CCC)CCC1. The minimum absolute atomic E-state index is 0.363. The second-order valence-electron chi connectivity index (χ2n) is 7.07. The summed E-state index contributed by atoms with van der Waals surface area (Å²) >= 11 is 0. The lowest BCUT2D eigenvalue weighted by atomic mass is 9.81. The van der Waals surface area contributed by atoms with Crippen molar-refractivity contribution in [2.75, 3.05) is 18.5 Å². The highest BCUT2D eigenvalue weighted by atomic mass is 31.2. The van der Waals surface area contributed by atoms with E-state index in [2.05, 4.69) is 27.7 Å².